The van der Waals surface area contributed by atoms with Crippen LogP contribution in [0.15, 0.2) is 0 Å². The van der Waals surface area contributed by atoms with Gasteiger partial charge in [0.15, 0.2) is 0 Å². The van der Waals surface area contributed by atoms with E-state index in [1.807, 2.05) is 16.8 Å². The van der Waals surface area contributed by atoms with E-state index in [0.29, 0.717) is 19.7 Å². The molecule has 0 rings (SSSR count). The van der Waals surface area contributed by atoms with Crippen molar-refractivity contribution in [3.05, 3.63) is 0 Å². The van der Waals surface area contributed by atoms with E-state index in [1.165, 1.54) is 0 Å². The second kappa shape index (κ2) is 12.1. The maximum absolute atomic E-state index is 12.3. The second-order valence-electron chi connectivity index (χ2n) is 5.39. The summed E-state index contributed by atoms with van der Waals surface area (Å²) in [7, 11) is 3.42. The lowest BCUT2D eigenvalue weighted by Gasteiger charge is -2.26. The maximum Gasteiger partial charge on any atom is 0.236 e. The summed E-state index contributed by atoms with van der Waals surface area (Å²) >= 11 is 0. The molecule has 1 N–H and O–H groups in total. The molecular weight excluding hydrogens is 256 g/mol. The number of carbonyl (C=O) groups is 1. The molecule has 0 fully saturated rings. The van der Waals surface area contributed by atoms with E-state index in [0.717, 1.165) is 38.8 Å². The van der Waals surface area contributed by atoms with Gasteiger partial charge in [0.25, 0.3) is 0 Å². The van der Waals surface area contributed by atoms with Gasteiger partial charge < -0.3 is 14.7 Å². The van der Waals surface area contributed by atoms with E-state index < -0.39 is 6.10 Å². The SMILES string of the molecule is CCCCN(CCCC)C(=O)CN(C)CC(O)COC. The molecule has 5 nitrogen and oxygen atoms in total. The predicted octanol–water partition coefficient (Wildman–Crippen LogP) is 1.35. The first-order valence-electron chi connectivity index (χ1n) is 7.68. The molecule has 0 bridgehead atoms. The molecule has 20 heavy (non-hydrogen) atoms. The molecule has 0 radical (unpaired) electrons. The first kappa shape index (κ1) is 19.4. The first-order chi connectivity index (χ1) is 9.54. The molecule has 0 aromatic heterocycles. The monoisotopic (exact) mass is 288 g/mol. The van der Waals surface area contributed by atoms with Gasteiger partial charge in [-0.3, -0.25) is 9.69 Å². The third kappa shape index (κ3) is 9.28. The van der Waals surface area contributed by atoms with Gasteiger partial charge >= 0.3 is 0 Å². The number of likely N-dealkylation sites (N-methyl/N-ethyl adjacent to an activating group) is 1. The fraction of sp³-hybridized carbons (Fsp3) is 0.933. The number of hydrogen-bond acceptors (Lipinski definition) is 4. The van der Waals surface area contributed by atoms with Crippen LogP contribution in [0.2, 0.25) is 0 Å². The number of unbranched alkanes of at least 4 members (excludes halogenated alkanes) is 2. The van der Waals surface area contributed by atoms with Gasteiger partial charge in [-0.05, 0) is 19.9 Å². The van der Waals surface area contributed by atoms with Gasteiger partial charge in [0.1, 0.15) is 0 Å². The summed E-state index contributed by atoms with van der Waals surface area (Å²) in [4.78, 5) is 16.1. The zero-order valence-corrected chi connectivity index (χ0v) is 13.6. The van der Waals surface area contributed by atoms with Gasteiger partial charge in [-0.2, -0.15) is 0 Å². The zero-order valence-electron chi connectivity index (χ0n) is 13.6. The Hall–Kier alpha value is -0.650. The van der Waals surface area contributed by atoms with Crippen LogP contribution < -0.4 is 0 Å². The average Bonchev–Trinajstić information content (AvgIpc) is 2.38. The Kier molecular flexibility index (Phi) is 11.7. The van der Waals surface area contributed by atoms with Crippen molar-refractivity contribution in [2.24, 2.45) is 0 Å². The largest absolute Gasteiger partial charge is 0.389 e. The van der Waals surface area contributed by atoms with E-state index >= 15 is 0 Å². The van der Waals surface area contributed by atoms with Crippen molar-refractivity contribution < 1.29 is 14.6 Å². The molecule has 0 saturated heterocycles. The van der Waals surface area contributed by atoms with Crippen molar-refractivity contribution in [1.82, 2.24) is 9.80 Å². The van der Waals surface area contributed by atoms with E-state index in [2.05, 4.69) is 13.8 Å². The number of aliphatic hydroxyl groups excluding tert-OH is 1. The molecular formula is C15H32N2O3. The maximum atomic E-state index is 12.3. The number of methoxy groups -OCH3 is 1. The number of hydrogen-bond donors (Lipinski definition) is 1. The summed E-state index contributed by atoms with van der Waals surface area (Å²) in [6.45, 7) is 7.05. The van der Waals surface area contributed by atoms with Crippen molar-refractivity contribution in [3.8, 4) is 0 Å². The molecule has 0 aromatic carbocycles. The van der Waals surface area contributed by atoms with Crippen LogP contribution in [-0.2, 0) is 9.53 Å². The lowest BCUT2D eigenvalue weighted by atomic mass is 10.2. The first-order valence-corrected chi connectivity index (χ1v) is 7.68. The van der Waals surface area contributed by atoms with Gasteiger partial charge in [-0.25, -0.2) is 0 Å². The molecule has 0 heterocycles. The Morgan fingerprint density at radius 3 is 2.20 bits per heavy atom. The Balaban J connectivity index is 4.20. The summed E-state index contributed by atoms with van der Waals surface area (Å²) in [6.07, 6.45) is 3.74. The van der Waals surface area contributed by atoms with E-state index in [4.69, 9.17) is 4.74 Å². The van der Waals surface area contributed by atoms with E-state index in [9.17, 15) is 9.90 Å². The van der Waals surface area contributed by atoms with Gasteiger partial charge in [0, 0.05) is 26.7 Å². The number of ether oxygens (including phenoxy) is 1. The molecule has 0 spiro atoms. The highest BCUT2D eigenvalue weighted by Gasteiger charge is 2.16. The molecule has 0 aromatic rings. The van der Waals surface area contributed by atoms with Crippen molar-refractivity contribution in [1.29, 1.82) is 0 Å². The number of nitrogens with zero attached hydrogens (tertiary/aromatic N) is 2. The van der Waals surface area contributed by atoms with Crippen LogP contribution in [-0.4, -0.2) is 73.9 Å². The number of amides is 1. The minimum absolute atomic E-state index is 0.152. The van der Waals surface area contributed by atoms with Crippen molar-refractivity contribution in [3.63, 3.8) is 0 Å². The van der Waals surface area contributed by atoms with Crippen molar-refractivity contribution in [2.45, 2.75) is 45.6 Å². The molecule has 0 aliphatic carbocycles. The fourth-order valence-electron chi connectivity index (χ4n) is 2.06. The third-order valence-corrected chi connectivity index (χ3v) is 3.20. The second-order valence-corrected chi connectivity index (χ2v) is 5.39. The number of rotatable bonds is 12. The predicted molar refractivity (Wildman–Crippen MR) is 81.8 cm³/mol. The summed E-state index contributed by atoms with van der Waals surface area (Å²) in [5.74, 6) is 0.152. The molecule has 5 heteroatoms. The van der Waals surface area contributed by atoms with Crippen LogP contribution in [0.1, 0.15) is 39.5 Å². The molecule has 0 aliphatic heterocycles. The lowest BCUT2D eigenvalue weighted by Crippen LogP contribution is -2.42. The highest BCUT2D eigenvalue weighted by molar-refractivity contribution is 5.78. The summed E-state index contributed by atoms with van der Waals surface area (Å²) in [5, 5.41) is 9.66. The van der Waals surface area contributed by atoms with Crippen LogP contribution in [0.25, 0.3) is 0 Å². The Bertz CT molecular complexity index is 241. The Morgan fingerprint density at radius 2 is 1.75 bits per heavy atom. The number of carbonyl (C=O) groups excluding carboxylic acids is 1. The van der Waals surface area contributed by atoms with Crippen molar-refractivity contribution in [2.75, 3.05) is 46.9 Å². The standard InChI is InChI=1S/C15H32N2O3/c1-5-7-9-17(10-8-6-2)15(19)12-16(3)11-14(18)13-20-4/h14,18H,5-13H2,1-4H3. The Morgan fingerprint density at radius 1 is 1.20 bits per heavy atom. The molecule has 1 amide bonds. The average molecular weight is 288 g/mol. The minimum atomic E-state index is -0.544. The van der Waals surface area contributed by atoms with Gasteiger partial charge in [0.05, 0.1) is 19.3 Å². The highest BCUT2D eigenvalue weighted by Crippen LogP contribution is 2.01. The topological polar surface area (TPSA) is 53.0 Å². The van der Waals surface area contributed by atoms with Crippen LogP contribution in [0.5, 0.6) is 0 Å². The summed E-state index contributed by atoms with van der Waals surface area (Å²) in [6, 6.07) is 0. The number of aliphatic hydroxyl groups is 1. The van der Waals surface area contributed by atoms with Crippen LogP contribution in [0.3, 0.4) is 0 Å². The fourth-order valence-corrected chi connectivity index (χ4v) is 2.06. The third-order valence-electron chi connectivity index (χ3n) is 3.20. The van der Waals surface area contributed by atoms with Crippen LogP contribution >= 0.6 is 0 Å². The quantitative estimate of drug-likeness (QED) is 0.589. The highest BCUT2D eigenvalue weighted by atomic mass is 16.5. The molecule has 1 atom stereocenters. The molecule has 1 unspecified atom stereocenters. The van der Waals surface area contributed by atoms with Gasteiger partial charge in [-0.15, -0.1) is 0 Å². The normalized spacial score (nSPS) is 12.7. The Labute approximate surface area is 123 Å². The van der Waals surface area contributed by atoms with E-state index in [1.54, 1.807) is 7.11 Å². The van der Waals surface area contributed by atoms with Crippen LogP contribution in [0.4, 0.5) is 0 Å². The minimum Gasteiger partial charge on any atom is -0.389 e. The zero-order chi connectivity index (χ0) is 15.4. The lowest BCUT2D eigenvalue weighted by molar-refractivity contribution is -0.132. The molecule has 120 valence electrons. The molecule has 0 aliphatic rings. The van der Waals surface area contributed by atoms with E-state index in [-0.39, 0.29) is 5.91 Å². The molecule has 0 saturated carbocycles. The smallest absolute Gasteiger partial charge is 0.236 e. The van der Waals surface area contributed by atoms with Crippen LogP contribution in [0, 0.1) is 0 Å². The van der Waals surface area contributed by atoms with Crippen molar-refractivity contribution >= 4 is 5.91 Å². The summed E-state index contributed by atoms with van der Waals surface area (Å²) in [5.41, 5.74) is 0. The van der Waals surface area contributed by atoms with Gasteiger partial charge in [0.2, 0.25) is 5.91 Å². The van der Waals surface area contributed by atoms with Gasteiger partial charge in [-0.1, -0.05) is 26.7 Å². The summed E-state index contributed by atoms with van der Waals surface area (Å²) < 4.78 is 4.89.